The molecule has 1 amide bonds. The van der Waals surface area contributed by atoms with E-state index in [4.69, 9.17) is 4.98 Å². The second kappa shape index (κ2) is 13.5. The largest absolute Gasteiger partial charge is 0.352 e. The van der Waals surface area contributed by atoms with Crippen LogP contribution in [-0.4, -0.2) is 22.0 Å². The molecule has 2 aromatic carbocycles. The molecule has 1 heterocycles. The van der Waals surface area contributed by atoms with Crippen LogP contribution in [0.5, 0.6) is 0 Å². The van der Waals surface area contributed by atoms with Crippen molar-refractivity contribution in [1.82, 2.24) is 14.9 Å². The fraction of sp³-hybridized carbons (Fsp3) is 0.429. The van der Waals surface area contributed by atoms with Crippen LogP contribution in [0.3, 0.4) is 0 Å². The minimum Gasteiger partial charge on any atom is -0.352 e. The van der Waals surface area contributed by atoms with E-state index in [2.05, 4.69) is 35.0 Å². The number of nitrogens with zero attached hydrogens (tertiary/aromatic N) is 2. The minimum absolute atomic E-state index is 0.0698. The molecule has 3 aromatic rings. The molecule has 3 rings (SSSR count). The molecule has 0 unspecified atom stereocenters. The highest BCUT2D eigenvalue weighted by atomic mass is 16.1. The molecule has 170 valence electrons. The Hall–Kier alpha value is -2.88. The summed E-state index contributed by atoms with van der Waals surface area (Å²) >= 11 is 0. The summed E-state index contributed by atoms with van der Waals surface area (Å²) < 4.78 is 2.35. The molecule has 0 spiro atoms. The summed E-state index contributed by atoms with van der Waals surface area (Å²) in [6, 6.07) is 18.2. The Balaban J connectivity index is 1.49. The summed E-state index contributed by atoms with van der Waals surface area (Å²) in [4.78, 5) is 17.0. The van der Waals surface area contributed by atoms with Gasteiger partial charge in [-0.05, 0) is 30.2 Å². The highest BCUT2D eigenvalue weighted by Gasteiger charge is 2.10. The van der Waals surface area contributed by atoms with E-state index in [0.717, 1.165) is 29.9 Å². The van der Waals surface area contributed by atoms with Crippen molar-refractivity contribution in [2.45, 2.75) is 71.3 Å². The van der Waals surface area contributed by atoms with Crippen LogP contribution in [0, 0.1) is 0 Å². The fourth-order valence-corrected chi connectivity index (χ4v) is 4.06. The van der Waals surface area contributed by atoms with Crippen LogP contribution < -0.4 is 5.32 Å². The van der Waals surface area contributed by atoms with Crippen LogP contribution in [0.2, 0.25) is 0 Å². The highest BCUT2D eigenvalue weighted by molar-refractivity contribution is 5.91. The third-order valence-electron chi connectivity index (χ3n) is 5.84. The number of amides is 1. The number of hydrogen-bond donors (Lipinski definition) is 1. The zero-order valence-electron chi connectivity index (χ0n) is 19.4. The smallest absolute Gasteiger partial charge is 0.244 e. The molecule has 0 aliphatic carbocycles. The number of nitrogens with one attached hydrogen (secondary N) is 1. The van der Waals surface area contributed by atoms with Gasteiger partial charge in [0.25, 0.3) is 0 Å². The first kappa shape index (κ1) is 23.8. The number of hydrogen-bond acceptors (Lipinski definition) is 2. The first-order valence-corrected chi connectivity index (χ1v) is 12.2. The van der Waals surface area contributed by atoms with Crippen molar-refractivity contribution in [3.8, 4) is 0 Å². The number of para-hydroxylation sites is 2. The second-order valence-electron chi connectivity index (χ2n) is 8.43. The lowest BCUT2D eigenvalue weighted by Gasteiger charge is -2.10. The van der Waals surface area contributed by atoms with E-state index in [1.807, 2.05) is 42.5 Å². The molecule has 0 atom stereocenters. The quantitative estimate of drug-likeness (QED) is 0.232. The van der Waals surface area contributed by atoms with Crippen molar-refractivity contribution in [3.63, 3.8) is 0 Å². The Bertz CT molecular complexity index is 975. The second-order valence-corrected chi connectivity index (χ2v) is 8.43. The summed E-state index contributed by atoms with van der Waals surface area (Å²) in [5.41, 5.74) is 3.26. The van der Waals surface area contributed by atoms with Crippen molar-refractivity contribution in [2.75, 3.05) is 6.54 Å². The molecule has 0 bridgehead atoms. The Labute approximate surface area is 192 Å². The standard InChI is InChI=1S/C28H37N3O/c1-2-3-4-5-6-7-8-14-23-31-26-18-13-12-17-25(26)30-27(31)21-22-29-28(32)20-19-24-15-10-9-11-16-24/h9-13,15-20H,2-8,14,21-23H2,1H3,(H,29,32)/b20-19+. The van der Waals surface area contributed by atoms with Gasteiger partial charge in [0.05, 0.1) is 11.0 Å². The topological polar surface area (TPSA) is 46.9 Å². The molecular formula is C28H37N3O. The molecule has 1 N–H and O–H groups in total. The molecule has 0 radical (unpaired) electrons. The lowest BCUT2D eigenvalue weighted by atomic mass is 10.1. The van der Waals surface area contributed by atoms with Gasteiger partial charge in [-0.15, -0.1) is 0 Å². The number of unbranched alkanes of at least 4 members (excludes halogenated alkanes) is 7. The molecule has 4 heteroatoms. The van der Waals surface area contributed by atoms with E-state index in [9.17, 15) is 4.79 Å². The number of carbonyl (C=O) groups is 1. The number of aryl methyl sites for hydroxylation is 1. The van der Waals surface area contributed by atoms with E-state index >= 15 is 0 Å². The maximum Gasteiger partial charge on any atom is 0.244 e. The zero-order chi connectivity index (χ0) is 22.4. The monoisotopic (exact) mass is 431 g/mol. The summed E-state index contributed by atoms with van der Waals surface area (Å²) in [6.07, 6.45) is 14.7. The number of rotatable bonds is 14. The lowest BCUT2D eigenvalue weighted by Crippen LogP contribution is -2.24. The van der Waals surface area contributed by atoms with Crippen LogP contribution in [0.1, 0.15) is 69.7 Å². The fourth-order valence-electron chi connectivity index (χ4n) is 4.06. The van der Waals surface area contributed by atoms with Gasteiger partial charge in [0.1, 0.15) is 5.82 Å². The van der Waals surface area contributed by atoms with Crippen molar-refractivity contribution in [2.24, 2.45) is 0 Å². The average molecular weight is 432 g/mol. The lowest BCUT2D eigenvalue weighted by molar-refractivity contribution is -0.116. The molecule has 1 aromatic heterocycles. The van der Waals surface area contributed by atoms with Crippen LogP contribution in [0.4, 0.5) is 0 Å². The maximum absolute atomic E-state index is 12.2. The van der Waals surface area contributed by atoms with Crippen molar-refractivity contribution in [3.05, 3.63) is 72.1 Å². The molecule has 0 aliphatic heterocycles. The van der Waals surface area contributed by atoms with Crippen LogP contribution in [0.15, 0.2) is 60.7 Å². The number of benzene rings is 2. The number of imidazole rings is 1. The number of fused-ring (bicyclic) bond motifs is 1. The molecule has 0 saturated carbocycles. The van der Waals surface area contributed by atoms with Crippen LogP contribution in [-0.2, 0) is 17.8 Å². The van der Waals surface area contributed by atoms with Gasteiger partial charge in [0, 0.05) is 25.6 Å². The number of carbonyl (C=O) groups excluding carboxylic acids is 1. The third-order valence-corrected chi connectivity index (χ3v) is 5.84. The van der Waals surface area contributed by atoms with Gasteiger partial charge in [-0.25, -0.2) is 4.98 Å². The average Bonchev–Trinajstić information content (AvgIpc) is 3.17. The highest BCUT2D eigenvalue weighted by Crippen LogP contribution is 2.18. The SMILES string of the molecule is CCCCCCCCCCn1c(CCNC(=O)/C=C/c2ccccc2)nc2ccccc21. The first-order valence-electron chi connectivity index (χ1n) is 12.2. The Morgan fingerprint density at radius 2 is 1.59 bits per heavy atom. The molecular weight excluding hydrogens is 394 g/mol. The summed E-state index contributed by atoms with van der Waals surface area (Å²) in [7, 11) is 0. The van der Waals surface area contributed by atoms with Gasteiger partial charge in [0.15, 0.2) is 0 Å². The van der Waals surface area contributed by atoms with Gasteiger partial charge >= 0.3 is 0 Å². The van der Waals surface area contributed by atoms with Gasteiger partial charge in [-0.2, -0.15) is 0 Å². The van der Waals surface area contributed by atoms with E-state index in [-0.39, 0.29) is 5.91 Å². The van der Waals surface area contributed by atoms with Crippen LogP contribution >= 0.6 is 0 Å². The summed E-state index contributed by atoms with van der Waals surface area (Å²) in [6.45, 7) is 3.84. The van der Waals surface area contributed by atoms with Crippen molar-refractivity contribution >= 4 is 23.0 Å². The van der Waals surface area contributed by atoms with Gasteiger partial charge < -0.3 is 9.88 Å². The van der Waals surface area contributed by atoms with Gasteiger partial charge in [0.2, 0.25) is 5.91 Å². The Morgan fingerprint density at radius 1 is 0.906 bits per heavy atom. The zero-order valence-corrected chi connectivity index (χ0v) is 19.4. The normalized spacial score (nSPS) is 11.4. The van der Waals surface area contributed by atoms with E-state index < -0.39 is 0 Å². The predicted molar refractivity (Wildman–Crippen MR) is 135 cm³/mol. The predicted octanol–water partition coefficient (Wildman–Crippen LogP) is 6.55. The molecule has 0 aliphatic rings. The summed E-state index contributed by atoms with van der Waals surface area (Å²) in [5, 5.41) is 2.99. The van der Waals surface area contributed by atoms with E-state index in [0.29, 0.717) is 6.54 Å². The van der Waals surface area contributed by atoms with Gasteiger partial charge in [-0.3, -0.25) is 4.79 Å². The molecule has 0 saturated heterocycles. The summed E-state index contributed by atoms with van der Waals surface area (Å²) in [5.74, 6) is 0.987. The Kier molecular flexibility index (Phi) is 10.0. The Morgan fingerprint density at radius 3 is 2.38 bits per heavy atom. The van der Waals surface area contributed by atoms with E-state index in [1.165, 1.54) is 56.9 Å². The first-order chi connectivity index (χ1) is 15.8. The van der Waals surface area contributed by atoms with Crippen LogP contribution in [0.25, 0.3) is 17.1 Å². The van der Waals surface area contributed by atoms with E-state index in [1.54, 1.807) is 6.08 Å². The third kappa shape index (κ3) is 7.67. The molecule has 4 nitrogen and oxygen atoms in total. The van der Waals surface area contributed by atoms with Crippen molar-refractivity contribution in [1.29, 1.82) is 0 Å². The molecule has 0 fully saturated rings. The number of aromatic nitrogens is 2. The van der Waals surface area contributed by atoms with Crippen molar-refractivity contribution < 1.29 is 4.79 Å². The van der Waals surface area contributed by atoms with Gasteiger partial charge in [-0.1, -0.05) is 94.3 Å². The molecule has 32 heavy (non-hydrogen) atoms. The maximum atomic E-state index is 12.2. The minimum atomic E-state index is -0.0698.